The van der Waals surface area contributed by atoms with E-state index in [1.54, 1.807) is 0 Å². The molecule has 1 heterocycles. The second kappa shape index (κ2) is 10.6. The van der Waals surface area contributed by atoms with E-state index < -0.39 is 0 Å². The lowest BCUT2D eigenvalue weighted by molar-refractivity contribution is 1.58. The summed E-state index contributed by atoms with van der Waals surface area (Å²) in [5, 5.41) is 13.0. The van der Waals surface area contributed by atoms with Gasteiger partial charge >= 0.3 is 0 Å². The van der Waals surface area contributed by atoms with Gasteiger partial charge in [0.2, 0.25) is 0 Å². The van der Waals surface area contributed by atoms with Crippen molar-refractivity contribution in [3.05, 3.63) is 169 Å². The Morgan fingerprint density at radius 3 is 1.38 bits per heavy atom. The maximum absolute atomic E-state index is 2.44. The molecule has 224 valence electrons. The van der Waals surface area contributed by atoms with Gasteiger partial charge in [-0.2, -0.15) is 0 Å². The van der Waals surface area contributed by atoms with Crippen LogP contribution in [0.3, 0.4) is 0 Å². The van der Waals surface area contributed by atoms with Gasteiger partial charge in [-0.15, -0.1) is 11.3 Å². The Bertz CT molecular complexity index is 2780. The minimum Gasteiger partial charge on any atom is -0.135 e. The average Bonchev–Trinajstić information content (AvgIpc) is 3.53. The molecule has 0 aliphatic rings. The lowest BCUT2D eigenvalue weighted by Gasteiger charge is -2.18. The first-order valence-corrected chi connectivity index (χ1v) is 17.4. The number of aryl methyl sites for hydroxylation is 1. The van der Waals surface area contributed by atoms with E-state index in [-0.39, 0.29) is 0 Å². The summed E-state index contributed by atoms with van der Waals surface area (Å²) in [6.45, 7) is 2.26. The largest absolute Gasteiger partial charge is 0.135 e. The first-order valence-electron chi connectivity index (χ1n) is 16.6. The van der Waals surface area contributed by atoms with Gasteiger partial charge < -0.3 is 0 Å². The van der Waals surface area contributed by atoms with Gasteiger partial charge in [0.25, 0.3) is 0 Å². The van der Waals surface area contributed by atoms with Crippen LogP contribution in [-0.4, -0.2) is 0 Å². The third kappa shape index (κ3) is 3.95. The predicted molar refractivity (Wildman–Crippen MR) is 210 cm³/mol. The Kier molecular flexibility index (Phi) is 6.06. The van der Waals surface area contributed by atoms with Gasteiger partial charge in [0, 0.05) is 25.7 Å². The van der Waals surface area contributed by atoms with Gasteiger partial charge in [-0.25, -0.2) is 0 Å². The molecule has 48 heavy (non-hydrogen) atoms. The molecule has 0 fully saturated rings. The third-order valence-corrected chi connectivity index (χ3v) is 11.5. The molecular formula is C47H30S. The van der Waals surface area contributed by atoms with E-state index in [9.17, 15) is 0 Å². The fourth-order valence-electron chi connectivity index (χ4n) is 8.14. The van der Waals surface area contributed by atoms with E-state index in [0.717, 1.165) is 0 Å². The monoisotopic (exact) mass is 626 g/mol. The van der Waals surface area contributed by atoms with E-state index in [0.29, 0.717) is 0 Å². The van der Waals surface area contributed by atoms with Crippen LogP contribution in [0, 0.1) is 6.92 Å². The van der Waals surface area contributed by atoms with Crippen LogP contribution in [0.25, 0.3) is 96.6 Å². The Balaban J connectivity index is 1.27. The molecule has 0 aliphatic carbocycles. The SMILES string of the molecule is Cc1c2ccccc2c(-c2ccc3sc4c(-c5c6ccccc6c(-c6ccccc6)c6ccccc56)cccc4c3c2)c2ccccc12. The molecule has 0 nitrogen and oxygen atoms in total. The number of hydrogen-bond donors (Lipinski definition) is 0. The molecule has 9 aromatic carbocycles. The smallest absolute Gasteiger partial charge is 0.0434 e. The molecule has 10 rings (SSSR count). The highest BCUT2D eigenvalue weighted by Crippen LogP contribution is 2.48. The van der Waals surface area contributed by atoms with Crippen LogP contribution in [0.1, 0.15) is 5.56 Å². The molecule has 0 aliphatic heterocycles. The minimum atomic E-state index is 1.25. The molecule has 0 atom stereocenters. The quantitative estimate of drug-likeness (QED) is 0.171. The highest BCUT2D eigenvalue weighted by atomic mass is 32.1. The van der Waals surface area contributed by atoms with Crippen molar-refractivity contribution in [2.45, 2.75) is 6.92 Å². The van der Waals surface area contributed by atoms with Crippen molar-refractivity contribution in [2.75, 3.05) is 0 Å². The number of thiophene rings is 1. The molecule has 0 bridgehead atoms. The van der Waals surface area contributed by atoms with Gasteiger partial charge in [-0.05, 0) is 95.5 Å². The topological polar surface area (TPSA) is 0 Å². The van der Waals surface area contributed by atoms with Crippen molar-refractivity contribution in [1.82, 2.24) is 0 Å². The molecule has 0 spiro atoms. The Labute approximate surface area is 283 Å². The van der Waals surface area contributed by atoms with Gasteiger partial charge in [0.1, 0.15) is 0 Å². The first kappa shape index (κ1) is 27.4. The summed E-state index contributed by atoms with van der Waals surface area (Å²) in [5.74, 6) is 0. The second-order valence-corrected chi connectivity index (χ2v) is 13.8. The summed E-state index contributed by atoms with van der Waals surface area (Å²) in [6, 6.07) is 60.5. The fraction of sp³-hybridized carbons (Fsp3) is 0.0213. The molecule has 0 radical (unpaired) electrons. The highest BCUT2D eigenvalue weighted by Gasteiger charge is 2.20. The minimum absolute atomic E-state index is 1.25. The molecule has 1 aromatic heterocycles. The van der Waals surface area contributed by atoms with E-state index in [1.165, 1.54) is 102 Å². The standard InChI is InChI=1S/C47H30S/c1-29-32-16-5-7-18-34(32)45(35-19-8-6-17-33(29)35)31-26-27-43-42(28-31)40-24-13-25-41(47(40)48-43)46-38-22-11-9-20-36(38)44(30-14-3-2-4-15-30)37-21-10-12-23-39(37)46/h2-28H,1H3. The molecule has 0 unspecified atom stereocenters. The first-order chi connectivity index (χ1) is 23.8. The van der Waals surface area contributed by atoms with Crippen LogP contribution < -0.4 is 0 Å². The molecule has 0 N–H and O–H groups in total. The van der Waals surface area contributed by atoms with Gasteiger partial charge in [-0.3, -0.25) is 0 Å². The summed E-state index contributed by atoms with van der Waals surface area (Å²) in [4.78, 5) is 0. The van der Waals surface area contributed by atoms with Crippen LogP contribution in [0.2, 0.25) is 0 Å². The van der Waals surface area contributed by atoms with E-state index in [2.05, 4.69) is 171 Å². The van der Waals surface area contributed by atoms with Crippen LogP contribution in [-0.2, 0) is 0 Å². The van der Waals surface area contributed by atoms with Crippen molar-refractivity contribution in [1.29, 1.82) is 0 Å². The summed E-state index contributed by atoms with van der Waals surface area (Å²) in [5.41, 5.74) is 9.09. The number of rotatable bonds is 3. The van der Waals surface area contributed by atoms with Crippen molar-refractivity contribution in [3.63, 3.8) is 0 Å². The van der Waals surface area contributed by atoms with Gasteiger partial charge in [0.15, 0.2) is 0 Å². The summed E-state index contributed by atoms with van der Waals surface area (Å²) in [6.07, 6.45) is 0. The predicted octanol–water partition coefficient (Wildman–Crippen LogP) is 14.0. The highest BCUT2D eigenvalue weighted by molar-refractivity contribution is 7.26. The lowest BCUT2D eigenvalue weighted by Crippen LogP contribution is -1.90. The molecule has 0 saturated heterocycles. The Hall–Kier alpha value is -5.76. The molecule has 1 heteroatoms. The van der Waals surface area contributed by atoms with Gasteiger partial charge in [-0.1, -0.05) is 152 Å². The normalized spacial score (nSPS) is 11.9. The fourth-order valence-corrected chi connectivity index (χ4v) is 9.35. The number of benzene rings is 9. The zero-order chi connectivity index (χ0) is 31.8. The van der Waals surface area contributed by atoms with Crippen molar-refractivity contribution < 1.29 is 0 Å². The lowest BCUT2D eigenvalue weighted by atomic mass is 9.85. The van der Waals surface area contributed by atoms with Crippen molar-refractivity contribution >= 4 is 74.6 Å². The van der Waals surface area contributed by atoms with Crippen molar-refractivity contribution in [3.8, 4) is 33.4 Å². The second-order valence-electron chi connectivity index (χ2n) is 12.8. The molecule has 10 aromatic rings. The average molecular weight is 627 g/mol. The van der Waals surface area contributed by atoms with Crippen LogP contribution in [0.4, 0.5) is 0 Å². The summed E-state index contributed by atoms with van der Waals surface area (Å²) >= 11 is 1.91. The van der Waals surface area contributed by atoms with E-state index in [1.807, 2.05) is 11.3 Å². The van der Waals surface area contributed by atoms with Gasteiger partial charge in [0.05, 0.1) is 0 Å². The van der Waals surface area contributed by atoms with Crippen molar-refractivity contribution in [2.24, 2.45) is 0 Å². The Morgan fingerprint density at radius 2 is 0.792 bits per heavy atom. The van der Waals surface area contributed by atoms with E-state index >= 15 is 0 Å². The third-order valence-electron chi connectivity index (χ3n) is 10.2. The number of hydrogen-bond acceptors (Lipinski definition) is 1. The summed E-state index contributed by atoms with van der Waals surface area (Å²) in [7, 11) is 0. The Morgan fingerprint density at radius 1 is 0.333 bits per heavy atom. The van der Waals surface area contributed by atoms with Crippen LogP contribution >= 0.6 is 11.3 Å². The molecular weight excluding hydrogens is 597 g/mol. The van der Waals surface area contributed by atoms with Crippen LogP contribution in [0.5, 0.6) is 0 Å². The maximum atomic E-state index is 2.44. The zero-order valence-electron chi connectivity index (χ0n) is 26.5. The number of fused-ring (bicyclic) bond motifs is 7. The zero-order valence-corrected chi connectivity index (χ0v) is 27.3. The van der Waals surface area contributed by atoms with E-state index in [4.69, 9.17) is 0 Å². The molecule has 0 amide bonds. The molecule has 0 saturated carbocycles. The summed E-state index contributed by atoms with van der Waals surface area (Å²) < 4.78 is 2.66. The van der Waals surface area contributed by atoms with Crippen LogP contribution in [0.15, 0.2) is 164 Å². The maximum Gasteiger partial charge on any atom is 0.0434 e.